The van der Waals surface area contributed by atoms with Crippen LogP contribution in [0.4, 0.5) is 0 Å². The van der Waals surface area contributed by atoms with Gasteiger partial charge in [0.15, 0.2) is 0 Å². The Bertz CT molecular complexity index is 322. The molecule has 3 N–H and O–H groups in total. The number of rotatable bonds is 6. The zero-order valence-electron chi connectivity index (χ0n) is 11.7. The smallest absolute Gasteiger partial charge is 0.0678 e. The van der Waals surface area contributed by atoms with Crippen LogP contribution in [0.25, 0.3) is 0 Å². The van der Waals surface area contributed by atoms with E-state index in [1.807, 2.05) is 0 Å². The molecule has 0 aromatic carbocycles. The molecule has 1 unspecified atom stereocenters. The molecule has 0 aliphatic carbocycles. The second-order valence-electron chi connectivity index (χ2n) is 5.91. The van der Waals surface area contributed by atoms with Crippen molar-refractivity contribution in [2.75, 3.05) is 0 Å². The van der Waals surface area contributed by atoms with E-state index in [1.54, 1.807) is 0 Å². The van der Waals surface area contributed by atoms with Crippen LogP contribution in [0.2, 0.25) is 0 Å². The molecule has 0 spiro atoms. The van der Waals surface area contributed by atoms with Crippen molar-refractivity contribution in [3.05, 3.63) is 17.5 Å². The van der Waals surface area contributed by atoms with Crippen LogP contribution >= 0.6 is 0 Å². The van der Waals surface area contributed by atoms with Crippen LogP contribution in [0, 0.1) is 0 Å². The average Bonchev–Trinajstić information content (AvgIpc) is 2.72. The number of nitrogens with two attached hydrogens (primary N) is 1. The highest BCUT2D eigenvalue weighted by Gasteiger charge is 2.19. The summed E-state index contributed by atoms with van der Waals surface area (Å²) >= 11 is 0. The second kappa shape index (κ2) is 6.20. The van der Waals surface area contributed by atoms with Gasteiger partial charge in [-0.2, -0.15) is 5.10 Å². The van der Waals surface area contributed by atoms with Crippen molar-refractivity contribution in [1.29, 1.82) is 0 Å². The van der Waals surface area contributed by atoms with Gasteiger partial charge in [0.1, 0.15) is 0 Å². The molecule has 0 amide bonds. The van der Waals surface area contributed by atoms with E-state index in [2.05, 4.69) is 44.0 Å². The number of aromatic nitrogens is 2. The highest BCUT2D eigenvalue weighted by atomic mass is 15.1. The first-order valence-electron chi connectivity index (χ1n) is 6.76. The lowest BCUT2D eigenvalue weighted by Gasteiger charge is -2.14. The Labute approximate surface area is 105 Å². The van der Waals surface area contributed by atoms with E-state index in [-0.39, 0.29) is 11.5 Å². The summed E-state index contributed by atoms with van der Waals surface area (Å²) in [5, 5.41) is 7.43. The summed E-state index contributed by atoms with van der Waals surface area (Å²) in [6.07, 6.45) is 6.12. The third-order valence-electron chi connectivity index (χ3n) is 3.13. The molecule has 0 fully saturated rings. The van der Waals surface area contributed by atoms with Gasteiger partial charge in [-0.05, 0) is 12.5 Å². The van der Waals surface area contributed by atoms with Crippen LogP contribution in [0.15, 0.2) is 6.07 Å². The lowest BCUT2D eigenvalue weighted by atomic mass is 9.91. The minimum Gasteiger partial charge on any atom is -0.323 e. The van der Waals surface area contributed by atoms with E-state index < -0.39 is 0 Å². The molecule has 3 heteroatoms. The maximum atomic E-state index is 6.16. The fraction of sp³-hybridized carbons (Fsp3) is 0.786. The summed E-state index contributed by atoms with van der Waals surface area (Å²) in [5.41, 5.74) is 8.43. The minimum absolute atomic E-state index is 0.0939. The molecule has 17 heavy (non-hydrogen) atoms. The molecule has 1 aromatic rings. The van der Waals surface area contributed by atoms with Crippen LogP contribution in [-0.2, 0) is 5.41 Å². The van der Waals surface area contributed by atoms with Crippen molar-refractivity contribution in [1.82, 2.24) is 10.2 Å². The zero-order valence-corrected chi connectivity index (χ0v) is 11.7. The summed E-state index contributed by atoms with van der Waals surface area (Å²) in [6.45, 7) is 8.73. The predicted molar refractivity (Wildman–Crippen MR) is 73.0 cm³/mol. The van der Waals surface area contributed by atoms with E-state index >= 15 is 0 Å². The normalized spacial score (nSPS) is 13.9. The Morgan fingerprint density at radius 2 is 2.00 bits per heavy atom. The van der Waals surface area contributed by atoms with Gasteiger partial charge in [0.05, 0.1) is 11.4 Å². The molecule has 3 nitrogen and oxygen atoms in total. The van der Waals surface area contributed by atoms with Gasteiger partial charge < -0.3 is 5.73 Å². The van der Waals surface area contributed by atoms with Gasteiger partial charge in [0, 0.05) is 11.5 Å². The van der Waals surface area contributed by atoms with Gasteiger partial charge in [-0.3, -0.25) is 5.10 Å². The Morgan fingerprint density at radius 3 is 2.53 bits per heavy atom. The Hall–Kier alpha value is -0.830. The summed E-state index contributed by atoms with van der Waals surface area (Å²) in [6, 6.07) is 2.22. The molecule has 0 bridgehead atoms. The van der Waals surface area contributed by atoms with Crippen molar-refractivity contribution in [2.24, 2.45) is 5.73 Å². The summed E-state index contributed by atoms with van der Waals surface area (Å²) in [7, 11) is 0. The predicted octanol–water partition coefficient (Wildman–Crippen LogP) is 3.68. The van der Waals surface area contributed by atoms with E-state index in [9.17, 15) is 0 Å². The number of hydrogen-bond acceptors (Lipinski definition) is 2. The average molecular weight is 237 g/mol. The van der Waals surface area contributed by atoms with Gasteiger partial charge >= 0.3 is 0 Å². The van der Waals surface area contributed by atoms with Crippen LogP contribution in [0.1, 0.15) is 77.2 Å². The van der Waals surface area contributed by atoms with Crippen molar-refractivity contribution in [2.45, 2.75) is 71.3 Å². The maximum absolute atomic E-state index is 6.16. The highest BCUT2D eigenvalue weighted by Crippen LogP contribution is 2.23. The van der Waals surface area contributed by atoms with Gasteiger partial charge in [0.2, 0.25) is 0 Å². The molecular formula is C14H27N3. The third kappa shape index (κ3) is 4.50. The van der Waals surface area contributed by atoms with Crippen molar-refractivity contribution in [3.8, 4) is 0 Å². The molecule has 1 aromatic heterocycles. The number of aromatic amines is 1. The van der Waals surface area contributed by atoms with Gasteiger partial charge in [-0.25, -0.2) is 0 Å². The first-order valence-corrected chi connectivity index (χ1v) is 6.76. The molecule has 0 aliphatic rings. The largest absolute Gasteiger partial charge is 0.323 e. The van der Waals surface area contributed by atoms with Crippen LogP contribution < -0.4 is 5.73 Å². The minimum atomic E-state index is 0.0939. The Morgan fingerprint density at radius 1 is 1.29 bits per heavy atom. The maximum Gasteiger partial charge on any atom is 0.0678 e. The first-order chi connectivity index (χ1) is 7.95. The number of nitrogens with zero attached hydrogens (tertiary/aromatic N) is 1. The number of nitrogens with one attached hydrogen (secondary N) is 1. The summed E-state index contributed by atoms with van der Waals surface area (Å²) in [5.74, 6) is 0. The van der Waals surface area contributed by atoms with E-state index in [1.165, 1.54) is 25.7 Å². The lowest BCUT2D eigenvalue weighted by Crippen LogP contribution is -2.12. The van der Waals surface area contributed by atoms with Gasteiger partial charge in [-0.15, -0.1) is 0 Å². The molecule has 0 saturated heterocycles. The van der Waals surface area contributed by atoms with Crippen LogP contribution in [-0.4, -0.2) is 10.2 Å². The molecule has 0 aliphatic heterocycles. The van der Waals surface area contributed by atoms with Crippen LogP contribution in [0.5, 0.6) is 0 Å². The summed E-state index contributed by atoms with van der Waals surface area (Å²) < 4.78 is 0. The monoisotopic (exact) mass is 237 g/mol. The van der Waals surface area contributed by atoms with Gasteiger partial charge in [0.25, 0.3) is 0 Å². The van der Waals surface area contributed by atoms with Crippen molar-refractivity contribution < 1.29 is 0 Å². The molecule has 1 rings (SSSR count). The molecule has 1 heterocycles. The van der Waals surface area contributed by atoms with E-state index in [0.29, 0.717) is 0 Å². The van der Waals surface area contributed by atoms with E-state index in [0.717, 1.165) is 17.8 Å². The molecule has 0 saturated carbocycles. The molecule has 0 radical (unpaired) electrons. The van der Waals surface area contributed by atoms with Gasteiger partial charge in [-0.1, -0.05) is 53.4 Å². The molecule has 1 atom stereocenters. The van der Waals surface area contributed by atoms with Crippen LogP contribution in [0.3, 0.4) is 0 Å². The van der Waals surface area contributed by atoms with E-state index in [4.69, 9.17) is 5.73 Å². The third-order valence-corrected chi connectivity index (χ3v) is 3.13. The number of unbranched alkanes of at least 4 members (excludes halogenated alkanes) is 3. The van der Waals surface area contributed by atoms with Crippen molar-refractivity contribution >= 4 is 0 Å². The first kappa shape index (κ1) is 14.2. The number of H-pyrrole nitrogens is 1. The summed E-state index contributed by atoms with van der Waals surface area (Å²) in [4.78, 5) is 0. The highest BCUT2D eigenvalue weighted by molar-refractivity contribution is 5.18. The second-order valence-corrected chi connectivity index (χ2v) is 5.91. The molecular weight excluding hydrogens is 210 g/mol. The lowest BCUT2D eigenvalue weighted by molar-refractivity contribution is 0.556. The SMILES string of the molecule is CCCCCCC(N)c1cc(C(C)(C)C)n[nH]1. The number of hydrogen-bond donors (Lipinski definition) is 2. The topological polar surface area (TPSA) is 54.7 Å². The molecule has 98 valence electrons. The fourth-order valence-electron chi connectivity index (χ4n) is 1.86. The fourth-order valence-corrected chi connectivity index (χ4v) is 1.86. The Kier molecular flexibility index (Phi) is 5.19. The zero-order chi connectivity index (χ0) is 12.9. The Balaban J connectivity index is 2.47. The van der Waals surface area contributed by atoms with Crippen molar-refractivity contribution in [3.63, 3.8) is 0 Å². The standard InChI is InChI=1S/C14H27N3/c1-5-6-7-8-9-11(15)12-10-13(17-16-12)14(2,3)4/h10-11H,5-9,15H2,1-4H3,(H,16,17). The quantitative estimate of drug-likeness (QED) is 0.742.